The zero-order chi connectivity index (χ0) is 14.6. The van der Waals surface area contributed by atoms with Gasteiger partial charge in [0.2, 0.25) is 0 Å². The van der Waals surface area contributed by atoms with Crippen molar-refractivity contribution in [2.45, 2.75) is 64.5 Å². The molecule has 1 heterocycles. The Morgan fingerprint density at radius 2 is 2.20 bits per heavy atom. The molecule has 0 radical (unpaired) electrons. The van der Waals surface area contributed by atoms with Crippen LogP contribution in [0.1, 0.15) is 52.9 Å². The number of ether oxygens (including phenoxy) is 1. The van der Waals surface area contributed by atoms with E-state index >= 15 is 0 Å². The molecular weight excluding hydrogens is 252 g/mol. The lowest BCUT2D eigenvalue weighted by Gasteiger charge is -2.33. The molecule has 1 saturated carbocycles. The molecule has 116 valence electrons. The molecule has 1 N–H and O–H groups in total. The van der Waals surface area contributed by atoms with Gasteiger partial charge in [0.25, 0.3) is 0 Å². The van der Waals surface area contributed by atoms with Crippen LogP contribution in [-0.4, -0.2) is 48.7 Å². The Bertz CT molecular complexity index is 334. The second kappa shape index (κ2) is 6.90. The monoisotopic (exact) mass is 282 g/mol. The van der Waals surface area contributed by atoms with Crippen molar-refractivity contribution in [3.05, 3.63) is 0 Å². The van der Waals surface area contributed by atoms with Crippen LogP contribution in [0.3, 0.4) is 0 Å². The molecule has 2 rings (SSSR count). The molecule has 0 spiro atoms. The Hall–Kier alpha value is -0.610. The normalized spacial score (nSPS) is 28.6. The highest BCUT2D eigenvalue weighted by Gasteiger charge is 2.40. The van der Waals surface area contributed by atoms with E-state index in [0.717, 1.165) is 37.9 Å². The van der Waals surface area contributed by atoms with Crippen LogP contribution in [0.15, 0.2) is 0 Å². The summed E-state index contributed by atoms with van der Waals surface area (Å²) >= 11 is 0. The van der Waals surface area contributed by atoms with Gasteiger partial charge in [-0.25, -0.2) is 0 Å². The topological polar surface area (TPSA) is 41.6 Å². The summed E-state index contributed by atoms with van der Waals surface area (Å²) in [6.07, 6.45) is 6.00. The van der Waals surface area contributed by atoms with E-state index in [4.69, 9.17) is 4.74 Å². The minimum absolute atomic E-state index is 0.0993. The number of likely N-dealkylation sites (tertiary alicyclic amines) is 1. The lowest BCUT2D eigenvalue weighted by Crippen LogP contribution is -2.53. The molecule has 4 nitrogen and oxygen atoms in total. The molecule has 4 heteroatoms. The smallest absolute Gasteiger partial charge is 0.326 e. The standard InChI is InChI=1S/C16H30N2O2/c1-4-9-17-16(3,15(19)20-5-2)8-10-18-12-13-6-7-14(18)11-13/h13-14,17H,4-12H2,1-3H3. The maximum Gasteiger partial charge on any atom is 0.326 e. The SMILES string of the molecule is CCCNC(C)(CCN1CC2CCC1C2)C(=O)OCC. The van der Waals surface area contributed by atoms with E-state index in [2.05, 4.69) is 17.1 Å². The van der Waals surface area contributed by atoms with Gasteiger partial charge < -0.3 is 15.0 Å². The molecular formula is C16H30N2O2. The number of hydrogen-bond acceptors (Lipinski definition) is 4. The van der Waals surface area contributed by atoms with Crippen LogP contribution in [0.4, 0.5) is 0 Å². The third-order valence-electron chi connectivity index (χ3n) is 4.91. The number of carbonyl (C=O) groups is 1. The van der Waals surface area contributed by atoms with Crippen LogP contribution >= 0.6 is 0 Å². The van der Waals surface area contributed by atoms with Crippen molar-refractivity contribution >= 4 is 5.97 Å². The third kappa shape index (κ3) is 3.53. The Balaban J connectivity index is 1.88. The molecule has 0 aromatic heterocycles. The van der Waals surface area contributed by atoms with E-state index in [0.29, 0.717) is 6.61 Å². The lowest BCUT2D eigenvalue weighted by atomic mass is 9.96. The fraction of sp³-hybridized carbons (Fsp3) is 0.938. The van der Waals surface area contributed by atoms with E-state index in [1.165, 1.54) is 25.8 Å². The molecule has 1 aliphatic carbocycles. The number of rotatable bonds is 8. The van der Waals surface area contributed by atoms with Crippen LogP contribution < -0.4 is 5.32 Å². The molecule has 0 aromatic carbocycles. The first-order valence-electron chi connectivity index (χ1n) is 8.25. The van der Waals surface area contributed by atoms with Crippen molar-refractivity contribution in [3.63, 3.8) is 0 Å². The predicted octanol–water partition coefficient (Wildman–Crippen LogP) is 2.18. The van der Waals surface area contributed by atoms with Crippen molar-refractivity contribution < 1.29 is 9.53 Å². The fourth-order valence-electron chi connectivity index (χ4n) is 3.62. The summed E-state index contributed by atoms with van der Waals surface area (Å²) in [4.78, 5) is 14.8. The van der Waals surface area contributed by atoms with Gasteiger partial charge >= 0.3 is 5.97 Å². The first-order chi connectivity index (χ1) is 9.59. The second-order valence-corrected chi connectivity index (χ2v) is 6.56. The summed E-state index contributed by atoms with van der Waals surface area (Å²) in [7, 11) is 0. The summed E-state index contributed by atoms with van der Waals surface area (Å²) in [6.45, 7) is 9.55. The number of esters is 1. The molecule has 0 aromatic rings. The Morgan fingerprint density at radius 1 is 1.40 bits per heavy atom. The quantitative estimate of drug-likeness (QED) is 0.693. The van der Waals surface area contributed by atoms with Gasteiger partial charge in [-0.3, -0.25) is 4.79 Å². The van der Waals surface area contributed by atoms with Gasteiger partial charge in [0.1, 0.15) is 5.54 Å². The Labute approximate surface area is 123 Å². The van der Waals surface area contributed by atoms with Gasteiger partial charge in [0.15, 0.2) is 0 Å². The van der Waals surface area contributed by atoms with Crippen LogP contribution in [0.5, 0.6) is 0 Å². The zero-order valence-electron chi connectivity index (χ0n) is 13.3. The zero-order valence-corrected chi connectivity index (χ0v) is 13.3. The molecule has 1 aliphatic heterocycles. The molecule has 3 atom stereocenters. The summed E-state index contributed by atoms with van der Waals surface area (Å²) in [5, 5.41) is 3.40. The molecule has 2 aliphatic rings. The van der Waals surface area contributed by atoms with Gasteiger partial charge in [0.05, 0.1) is 6.61 Å². The highest BCUT2D eigenvalue weighted by Crippen LogP contribution is 2.37. The maximum atomic E-state index is 12.2. The van der Waals surface area contributed by atoms with E-state index in [1.54, 1.807) is 0 Å². The number of fused-ring (bicyclic) bond motifs is 2. The Kier molecular flexibility index (Phi) is 5.44. The first-order valence-corrected chi connectivity index (χ1v) is 8.25. The highest BCUT2D eigenvalue weighted by molar-refractivity contribution is 5.80. The summed E-state index contributed by atoms with van der Waals surface area (Å²) < 4.78 is 5.26. The van der Waals surface area contributed by atoms with Crippen molar-refractivity contribution in [3.8, 4) is 0 Å². The fourth-order valence-corrected chi connectivity index (χ4v) is 3.62. The lowest BCUT2D eigenvalue weighted by molar-refractivity contribution is -0.151. The number of carbonyl (C=O) groups excluding carboxylic acids is 1. The van der Waals surface area contributed by atoms with Gasteiger partial charge in [-0.2, -0.15) is 0 Å². The Morgan fingerprint density at radius 3 is 2.75 bits per heavy atom. The van der Waals surface area contributed by atoms with E-state index in [9.17, 15) is 4.79 Å². The number of piperidine rings is 1. The van der Waals surface area contributed by atoms with E-state index in [1.807, 2.05) is 13.8 Å². The van der Waals surface area contributed by atoms with E-state index in [-0.39, 0.29) is 5.97 Å². The molecule has 0 amide bonds. The van der Waals surface area contributed by atoms with Gasteiger partial charge in [-0.05, 0) is 58.4 Å². The minimum Gasteiger partial charge on any atom is -0.465 e. The van der Waals surface area contributed by atoms with Crippen LogP contribution in [0.2, 0.25) is 0 Å². The summed E-state index contributed by atoms with van der Waals surface area (Å²) in [5.41, 5.74) is -0.534. The van der Waals surface area contributed by atoms with Gasteiger partial charge in [-0.1, -0.05) is 6.92 Å². The van der Waals surface area contributed by atoms with Crippen molar-refractivity contribution in [2.24, 2.45) is 5.92 Å². The minimum atomic E-state index is -0.534. The molecule has 2 bridgehead atoms. The summed E-state index contributed by atoms with van der Waals surface area (Å²) in [5.74, 6) is 0.815. The highest BCUT2D eigenvalue weighted by atomic mass is 16.5. The predicted molar refractivity (Wildman–Crippen MR) is 80.7 cm³/mol. The van der Waals surface area contributed by atoms with Gasteiger partial charge in [0, 0.05) is 19.1 Å². The van der Waals surface area contributed by atoms with E-state index < -0.39 is 5.54 Å². The molecule has 1 saturated heterocycles. The first kappa shape index (κ1) is 15.8. The average Bonchev–Trinajstić information content (AvgIpc) is 3.05. The molecule has 3 unspecified atom stereocenters. The third-order valence-corrected chi connectivity index (χ3v) is 4.91. The van der Waals surface area contributed by atoms with Crippen LogP contribution in [0.25, 0.3) is 0 Å². The number of nitrogens with one attached hydrogen (secondary N) is 1. The summed E-state index contributed by atoms with van der Waals surface area (Å²) in [6, 6.07) is 0.776. The van der Waals surface area contributed by atoms with Crippen molar-refractivity contribution in [1.82, 2.24) is 10.2 Å². The largest absolute Gasteiger partial charge is 0.465 e. The van der Waals surface area contributed by atoms with Crippen molar-refractivity contribution in [2.75, 3.05) is 26.2 Å². The van der Waals surface area contributed by atoms with Crippen molar-refractivity contribution in [1.29, 1.82) is 0 Å². The van der Waals surface area contributed by atoms with Crippen LogP contribution in [0, 0.1) is 5.92 Å². The van der Waals surface area contributed by atoms with Crippen LogP contribution in [-0.2, 0) is 9.53 Å². The number of nitrogens with zero attached hydrogens (tertiary/aromatic N) is 1. The number of hydrogen-bond donors (Lipinski definition) is 1. The maximum absolute atomic E-state index is 12.2. The second-order valence-electron chi connectivity index (χ2n) is 6.56. The molecule has 20 heavy (non-hydrogen) atoms. The average molecular weight is 282 g/mol. The van der Waals surface area contributed by atoms with Gasteiger partial charge in [-0.15, -0.1) is 0 Å². The molecule has 2 fully saturated rings.